The third-order valence-electron chi connectivity index (χ3n) is 3.35. The van der Waals surface area contributed by atoms with Gasteiger partial charge in [-0.25, -0.2) is 4.79 Å². The number of aliphatic hydroxyl groups is 2. The number of H-pyrrole nitrogens is 1. The molecule has 0 spiro atoms. The van der Waals surface area contributed by atoms with Crippen molar-refractivity contribution in [3.05, 3.63) is 32.9 Å². The number of halogens is 1. The molecule has 0 saturated heterocycles. The molecular weight excluding hydrogens is 231 g/mol. The van der Waals surface area contributed by atoms with E-state index in [4.69, 9.17) is 5.11 Å². The van der Waals surface area contributed by atoms with Crippen molar-refractivity contribution in [2.75, 3.05) is 13.2 Å². The Morgan fingerprint density at radius 3 is 2.76 bits per heavy atom. The summed E-state index contributed by atoms with van der Waals surface area (Å²) < 4.78 is 14.0. The summed E-state index contributed by atoms with van der Waals surface area (Å²) in [4.78, 5) is 24.1. The van der Waals surface area contributed by atoms with Crippen LogP contribution in [-0.2, 0) is 6.54 Å². The largest absolute Gasteiger partial charge is 0.396 e. The van der Waals surface area contributed by atoms with Gasteiger partial charge in [-0.05, 0) is 12.3 Å². The third-order valence-corrected chi connectivity index (χ3v) is 3.35. The molecule has 2 unspecified atom stereocenters. The Bertz CT molecular complexity index is 538. The van der Waals surface area contributed by atoms with E-state index in [1.807, 2.05) is 4.98 Å². The normalized spacial score (nSPS) is 27.1. The second-order valence-electron chi connectivity index (χ2n) is 4.47. The molecule has 3 N–H and O–H groups in total. The Labute approximate surface area is 95.3 Å². The van der Waals surface area contributed by atoms with Crippen molar-refractivity contribution >= 4 is 0 Å². The predicted octanol–water partition coefficient (Wildman–Crippen LogP) is -1.33. The molecule has 1 aromatic heterocycles. The Balaban J connectivity index is 2.28. The van der Waals surface area contributed by atoms with Gasteiger partial charge in [-0.15, -0.1) is 0 Å². The summed E-state index contributed by atoms with van der Waals surface area (Å²) >= 11 is 0. The molecule has 7 heteroatoms. The van der Waals surface area contributed by atoms with Crippen LogP contribution in [0.2, 0.25) is 0 Å². The fourth-order valence-electron chi connectivity index (χ4n) is 2.07. The molecule has 6 nitrogen and oxygen atoms in total. The van der Waals surface area contributed by atoms with Gasteiger partial charge < -0.3 is 10.2 Å². The summed E-state index contributed by atoms with van der Waals surface area (Å²) in [6.07, 6.45) is 1.40. The van der Waals surface area contributed by atoms with Gasteiger partial charge >= 0.3 is 5.69 Å². The van der Waals surface area contributed by atoms with Crippen molar-refractivity contribution < 1.29 is 14.6 Å². The van der Waals surface area contributed by atoms with Gasteiger partial charge in [0.05, 0.1) is 12.8 Å². The van der Waals surface area contributed by atoms with Crippen molar-refractivity contribution in [3.8, 4) is 0 Å². The van der Waals surface area contributed by atoms with Crippen LogP contribution in [0.3, 0.4) is 0 Å². The van der Waals surface area contributed by atoms with Crippen LogP contribution in [-0.4, -0.2) is 33.0 Å². The number of hydrogen-bond acceptors (Lipinski definition) is 4. The second kappa shape index (κ2) is 4.08. The topological polar surface area (TPSA) is 95.3 Å². The molecule has 2 rings (SSSR count). The van der Waals surface area contributed by atoms with Crippen LogP contribution in [0.25, 0.3) is 0 Å². The lowest BCUT2D eigenvalue weighted by Gasteiger charge is -2.15. The molecule has 1 heterocycles. The number of aliphatic hydroxyl groups excluding tert-OH is 2. The molecule has 0 amide bonds. The Morgan fingerprint density at radius 2 is 2.24 bits per heavy atom. The highest BCUT2D eigenvalue weighted by atomic mass is 19.1. The average molecular weight is 244 g/mol. The predicted molar refractivity (Wildman–Crippen MR) is 56.0 cm³/mol. The lowest BCUT2D eigenvalue weighted by atomic mass is 10.1. The minimum Gasteiger partial charge on any atom is -0.396 e. The highest BCUT2D eigenvalue weighted by Crippen LogP contribution is 2.52. The first-order chi connectivity index (χ1) is 8.02. The van der Waals surface area contributed by atoms with Crippen LogP contribution in [0, 0.1) is 17.2 Å². The molecule has 94 valence electrons. The number of aromatic amines is 1. The monoisotopic (exact) mass is 244 g/mol. The Hall–Kier alpha value is -1.47. The van der Waals surface area contributed by atoms with Gasteiger partial charge in [0.25, 0.3) is 5.56 Å². The van der Waals surface area contributed by atoms with E-state index < -0.39 is 22.5 Å². The van der Waals surface area contributed by atoms with Crippen LogP contribution in [0.15, 0.2) is 15.8 Å². The molecule has 1 fully saturated rings. The Kier molecular flexibility index (Phi) is 2.88. The number of rotatable bonds is 4. The van der Waals surface area contributed by atoms with E-state index in [0.717, 1.165) is 10.8 Å². The molecule has 1 aliphatic carbocycles. The minimum absolute atomic E-state index is 0.0822. The molecule has 17 heavy (non-hydrogen) atoms. The molecule has 0 aliphatic heterocycles. The van der Waals surface area contributed by atoms with Gasteiger partial charge in [-0.3, -0.25) is 14.3 Å². The van der Waals surface area contributed by atoms with Crippen molar-refractivity contribution in [1.82, 2.24) is 9.55 Å². The van der Waals surface area contributed by atoms with Crippen molar-refractivity contribution in [1.29, 1.82) is 0 Å². The quantitative estimate of drug-likeness (QED) is 0.611. The SMILES string of the molecule is O=c1[nH]c(=O)n(CC2(CO)CC2CO)cc1F. The van der Waals surface area contributed by atoms with Crippen LogP contribution in [0.4, 0.5) is 4.39 Å². The summed E-state index contributed by atoms with van der Waals surface area (Å²) in [6.45, 7) is -0.187. The highest BCUT2D eigenvalue weighted by molar-refractivity contribution is 5.02. The van der Waals surface area contributed by atoms with Crippen molar-refractivity contribution in [3.63, 3.8) is 0 Å². The number of hydrogen-bond donors (Lipinski definition) is 3. The number of nitrogens with one attached hydrogen (secondary N) is 1. The maximum absolute atomic E-state index is 13.0. The summed E-state index contributed by atoms with van der Waals surface area (Å²) in [5.41, 5.74) is -2.35. The summed E-state index contributed by atoms with van der Waals surface area (Å²) in [7, 11) is 0. The fourth-order valence-corrected chi connectivity index (χ4v) is 2.07. The van der Waals surface area contributed by atoms with E-state index in [0.29, 0.717) is 6.42 Å². The average Bonchev–Trinajstić information content (AvgIpc) is 3.00. The standard InChI is InChI=1S/C10H13FN2O4/c11-7-2-13(9(17)12-8(7)16)4-10(5-15)1-6(10)3-14/h2,6,14-15H,1,3-5H2,(H,12,16,17). The van der Waals surface area contributed by atoms with Crippen LogP contribution >= 0.6 is 0 Å². The first-order valence-corrected chi connectivity index (χ1v) is 5.23. The summed E-state index contributed by atoms with van der Waals surface area (Å²) in [6, 6.07) is 0. The van der Waals surface area contributed by atoms with E-state index in [1.54, 1.807) is 0 Å². The molecule has 0 radical (unpaired) electrons. The maximum atomic E-state index is 13.0. The zero-order valence-electron chi connectivity index (χ0n) is 9.02. The molecule has 1 aromatic rings. The van der Waals surface area contributed by atoms with E-state index >= 15 is 0 Å². The maximum Gasteiger partial charge on any atom is 0.328 e. The zero-order valence-corrected chi connectivity index (χ0v) is 9.02. The van der Waals surface area contributed by atoms with Gasteiger partial charge in [-0.1, -0.05) is 0 Å². The smallest absolute Gasteiger partial charge is 0.328 e. The lowest BCUT2D eigenvalue weighted by Crippen LogP contribution is -2.34. The summed E-state index contributed by atoms with van der Waals surface area (Å²) in [5, 5.41) is 18.2. The van der Waals surface area contributed by atoms with Crippen LogP contribution < -0.4 is 11.2 Å². The van der Waals surface area contributed by atoms with Gasteiger partial charge in [0, 0.05) is 18.6 Å². The zero-order chi connectivity index (χ0) is 12.6. The van der Waals surface area contributed by atoms with E-state index in [9.17, 15) is 19.1 Å². The first-order valence-electron chi connectivity index (χ1n) is 5.23. The molecule has 2 atom stereocenters. The van der Waals surface area contributed by atoms with Gasteiger partial charge in [0.2, 0.25) is 5.82 Å². The summed E-state index contributed by atoms with van der Waals surface area (Å²) in [5.74, 6) is -1.13. The minimum atomic E-state index is -1.06. The van der Waals surface area contributed by atoms with E-state index in [1.165, 1.54) is 0 Å². The number of nitrogens with zero attached hydrogens (tertiary/aromatic N) is 1. The molecular formula is C10H13FN2O4. The molecule has 0 bridgehead atoms. The van der Waals surface area contributed by atoms with E-state index in [2.05, 4.69) is 0 Å². The van der Waals surface area contributed by atoms with Gasteiger partial charge in [0.1, 0.15) is 0 Å². The van der Waals surface area contributed by atoms with Crippen LogP contribution in [0.5, 0.6) is 0 Å². The highest BCUT2D eigenvalue weighted by Gasteiger charge is 2.53. The van der Waals surface area contributed by atoms with Crippen molar-refractivity contribution in [2.45, 2.75) is 13.0 Å². The van der Waals surface area contributed by atoms with Gasteiger partial charge in [-0.2, -0.15) is 4.39 Å². The molecule has 0 aromatic carbocycles. The Morgan fingerprint density at radius 1 is 1.53 bits per heavy atom. The lowest BCUT2D eigenvalue weighted by molar-refractivity contribution is 0.156. The first kappa shape index (κ1) is 12.0. The molecule has 1 aliphatic rings. The molecule has 1 saturated carbocycles. The van der Waals surface area contributed by atoms with E-state index in [-0.39, 0.29) is 25.7 Å². The third kappa shape index (κ3) is 2.03. The second-order valence-corrected chi connectivity index (χ2v) is 4.47. The van der Waals surface area contributed by atoms with Crippen molar-refractivity contribution in [2.24, 2.45) is 11.3 Å². The van der Waals surface area contributed by atoms with Crippen LogP contribution in [0.1, 0.15) is 6.42 Å². The number of aromatic nitrogens is 2. The van der Waals surface area contributed by atoms with Gasteiger partial charge in [0.15, 0.2) is 0 Å². The fraction of sp³-hybridized carbons (Fsp3) is 0.600.